The van der Waals surface area contributed by atoms with E-state index >= 15 is 0 Å². The Morgan fingerprint density at radius 3 is 2.35 bits per heavy atom. The molecular formula is C12H17NO3S. The summed E-state index contributed by atoms with van der Waals surface area (Å²) in [6.45, 7) is 0.623. The van der Waals surface area contributed by atoms with Crippen LogP contribution in [0.15, 0.2) is 24.3 Å². The van der Waals surface area contributed by atoms with Gasteiger partial charge in [0.1, 0.15) is 0 Å². The van der Waals surface area contributed by atoms with Gasteiger partial charge in [0.25, 0.3) is 10.1 Å². The lowest BCUT2D eigenvalue weighted by Crippen LogP contribution is -2.31. The van der Waals surface area contributed by atoms with Crippen molar-refractivity contribution in [2.75, 3.05) is 12.3 Å². The van der Waals surface area contributed by atoms with Crippen LogP contribution in [0.4, 0.5) is 0 Å². The fraction of sp³-hybridized carbons (Fsp3) is 0.500. The first-order valence-electron chi connectivity index (χ1n) is 5.80. The molecule has 0 bridgehead atoms. The highest BCUT2D eigenvalue weighted by Crippen LogP contribution is 2.21. The third-order valence-corrected chi connectivity index (χ3v) is 3.87. The van der Waals surface area contributed by atoms with Crippen molar-refractivity contribution in [3.05, 3.63) is 35.4 Å². The van der Waals surface area contributed by atoms with Crippen LogP contribution in [0.3, 0.4) is 0 Å². The summed E-state index contributed by atoms with van der Waals surface area (Å²) in [6.07, 6.45) is 2.45. The highest BCUT2D eigenvalue weighted by Gasteiger charge is 2.19. The average Bonchev–Trinajstić information content (AvgIpc) is 2.65. The maximum Gasteiger partial charge on any atom is 0.264 e. The largest absolute Gasteiger partial charge is 0.313 e. The third kappa shape index (κ3) is 3.80. The fourth-order valence-electron chi connectivity index (χ4n) is 2.26. The molecular weight excluding hydrogens is 238 g/mol. The molecule has 0 fully saturated rings. The van der Waals surface area contributed by atoms with Gasteiger partial charge < -0.3 is 5.32 Å². The summed E-state index contributed by atoms with van der Waals surface area (Å²) < 4.78 is 29.7. The van der Waals surface area contributed by atoms with Crippen LogP contribution in [0.2, 0.25) is 0 Å². The molecule has 0 atom stereocenters. The number of fused-ring (bicyclic) bond motifs is 1. The molecule has 0 spiro atoms. The van der Waals surface area contributed by atoms with Gasteiger partial charge in [-0.15, -0.1) is 0 Å². The van der Waals surface area contributed by atoms with E-state index in [9.17, 15) is 8.42 Å². The van der Waals surface area contributed by atoms with Gasteiger partial charge in [0.15, 0.2) is 0 Å². The Hall–Kier alpha value is -0.910. The van der Waals surface area contributed by atoms with Crippen LogP contribution in [0.5, 0.6) is 0 Å². The number of benzene rings is 1. The molecule has 17 heavy (non-hydrogen) atoms. The van der Waals surface area contributed by atoms with Crippen LogP contribution < -0.4 is 5.32 Å². The van der Waals surface area contributed by atoms with Crippen LogP contribution in [-0.4, -0.2) is 31.3 Å². The van der Waals surface area contributed by atoms with Crippen LogP contribution in [-0.2, 0) is 23.0 Å². The maximum absolute atomic E-state index is 10.5. The highest BCUT2D eigenvalue weighted by atomic mass is 32.2. The van der Waals surface area contributed by atoms with E-state index in [1.165, 1.54) is 11.1 Å². The van der Waals surface area contributed by atoms with Crippen molar-refractivity contribution < 1.29 is 13.0 Å². The summed E-state index contributed by atoms with van der Waals surface area (Å²) in [7, 11) is -3.81. The Labute approximate surface area is 102 Å². The third-order valence-electron chi connectivity index (χ3n) is 3.06. The predicted octanol–water partition coefficient (Wildman–Crippen LogP) is 1.02. The van der Waals surface area contributed by atoms with Crippen molar-refractivity contribution in [1.82, 2.24) is 5.32 Å². The van der Waals surface area contributed by atoms with Crippen molar-refractivity contribution in [2.45, 2.75) is 25.3 Å². The molecule has 1 aromatic rings. The summed E-state index contributed by atoms with van der Waals surface area (Å²) in [5, 5.41) is 3.33. The SMILES string of the molecule is O=S(=O)(O)CCCNC1Cc2ccccc2C1. The van der Waals surface area contributed by atoms with Gasteiger partial charge in [-0.05, 0) is 36.9 Å². The van der Waals surface area contributed by atoms with E-state index in [2.05, 4.69) is 17.4 Å². The summed E-state index contributed by atoms with van der Waals surface area (Å²) in [5.74, 6) is -0.167. The molecule has 1 aliphatic rings. The molecule has 2 rings (SSSR count). The quantitative estimate of drug-likeness (QED) is 0.609. The monoisotopic (exact) mass is 255 g/mol. The Kier molecular flexibility index (Phi) is 3.81. The van der Waals surface area contributed by atoms with Gasteiger partial charge in [0, 0.05) is 6.04 Å². The molecule has 0 radical (unpaired) electrons. The fourth-order valence-corrected chi connectivity index (χ4v) is 2.77. The molecule has 5 heteroatoms. The molecule has 94 valence electrons. The van der Waals surface area contributed by atoms with Gasteiger partial charge in [0.2, 0.25) is 0 Å². The van der Waals surface area contributed by atoms with E-state index in [0.29, 0.717) is 19.0 Å². The second-order valence-electron chi connectivity index (χ2n) is 4.47. The van der Waals surface area contributed by atoms with Crippen molar-refractivity contribution in [1.29, 1.82) is 0 Å². The van der Waals surface area contributed by atoms with Crippen LogP contribution in [0.1, 0.15) is 17.5 Å². The standard InChI is InChI=1S/C12H17NO3S/c14-17(15,16)7-3-6-13-12-8-10-4-1-2-5-11(10)9-12/h1-2,4-5,12-13H,3,6-9H2,(H,14,15,16). The minimum atomic E-state index is -3.81. The Morgan fingerprint density at radius 2 is 1.82 bits per heavy atom. The van der Waals surface area contributed by atoms with Crippen molar-refractivity contribution >= 4 is 10.1 Å². The summed E-state index contributed by atoms with van der Waals surface area (Å²) >= 11 is 0. The Balaban J connectivity index is 1.74. The predicted molar refractivity (Wildman–Crippen MR) is 66.7 cm³/mol. The summed E-state index contributed by atoms with van der Waals surface area (Å²) in [6, 6.07) is 8.75. The lowest BCUT2D eigenvalue weighted by Gasteiger charge is -2.10. The molecule has 4 nitrogen and oxygen atoms in total. The zero-order valence-corrected chi connectivity index (χ0v) is 10.4. The number of hydrogen-bond donors (Lipinski definition) is 2. The molecule has 0 aliphatic heterocycles. The molecule has 2 N–H and O–H groups in total. The normalized spacial score (nSPS) is 16.1. The van der Waals surface area contributed by atoms with Crippen LogP contribution >= 0.6 is 0 Å². The van der Waals surface area contributed by atoms with Gasteiger partial charge in [-0.3, -0.25) is 4.55 Å². The minimum absolute atomic E-state index is 0.167. The summed E-state index contributed by atoms with van der Waals surface area (Å²) in [4.78, 5) is 0. The Morgan fingerprint density at radius 1 is 1.24 bits per heavy atom. The first-order chi connectivity index (χ1) is 8.04. The summed E-state index contributed by atoms with van der Waals surface area (Å²) in [5.41, 5.74) is 2.75. The smallest absolute Gasteiger partial charge is 0.264 e. The first-order valence-corrected chi connectivity index (χ1v) is 7.41. The van der Waals surface area contributed by atoms with E-state index in [1.807, 2.05) is 12.1 Å². The number of nitrogens with one attached hydrogen (secondary N) is 1. The molecule has 0 unspecified atom stereocenters. The van der Waals surface area contributed by atoms with Crippen LogP contribution in [0.25, 0.3) is 0 Å². The van der Waals surface area contributed by atoms with E-state index < -0.39 is 10.1 Å². The van der Waals surface area contributed by atoms with Crippen molar-refractivity contribution in [3.63, 3.8) is 0 Å². The molecule has 1 aromatic carbocycles. The van der Waals surface area contributed by atoms with E-state index in [1.54, 1.807) is 0 Å². The van der Waals surface area contributed by atoms with E-state index in [0.717, 1.165) is 12.8 Å². The van der Waals surface area contributed by atoms with Crippen molar-refractivity contribution in [3.8, 4) is 0 Å². The molecule has 1 aliphatic carbocycles. The van der Waals surface area contributed by atoms with Gasteiger partial charge in [-0.25, -0.2) is 0 Å². The maximum atomic E-state index is 10.5. The lowest BCUT2D eigenvalue weighted by molar-refractivity contribution is 0.475. The molecule has 0 saturated heterocycles. The van der Waals surface area contributed by atoms with E-state index in [4.69, 9.17) is 4.55 Å². The first kappa shape index (κ1) is 12.5. The minimum Gasteiger partial charge on any atom is -0.313 e. The van der Waals surface area contributed by atoms with Crippen LogP contribution in [0, 0.1) is 0 Å². The second kappa shape index (κ2) is 5.16. The highest BCUT2D eigenvalue weighted by molar-refractivity contribution is 7.85. The van der Waals surface area contributed by atoms with E-state index in [-0.39, 0.29) is 5.75 Å². The van der Waals surface area contributed by atoms with Gasteiger partial charge >= 0.3 is 0 Å². The zero-order valence-electron chi connectivity index (χ0n) is 9.59. The Bertz CT molecular complexity index is 459. The van der Waals surface area contributed by atoms with Crippen molar-refractivity contribution in [2.24, 2.45) is 0 Å². The molecule has 0 amide bonds. The number of rotatable bonds is 5. The topological polar surface area (TPSA) is 66.4 Å². The van der Waals surface area contributed by atoms with Gasteiger partial charge in [-0.1, -0.05) is 24.3 Å². The number of hydrogen-bond acceptors (Lipinski definition) is 3. The molecule has 0 saturated carbocycles. The lowest BCUT2D eigenvalue weighted by atomic mass is 10.1. The van der Waals surface area contributed by atoms with Gasteiger partial charge in [-0.2, -0.15) is 8.42 Å². The molecule has 0 aromatic heterocycles. The second-order valence-corrected chi connectivity index (χ2v) is 6.04. The van der Waals surface area contributed by atoms with Gasteiger partial charge in [0.05, 0.1) is 5.75 Å². The average molecular weight is 255 g/mol. The molecule has 0 heterocycles. The zero-order chi connectivity index (χ0) is 12.3.